The maximum atomic E-state index is 12.3. The molecule has 0 unspecified atom stereocenters. The average Bonchev–Trinajstić information content (AvgIpc) is 2.58. The van der Waals surface area contributed by atoms with Gasteiger partial charge >= 0.3 is 6.18 Å². The predicted molar refractivity (Wildman–Crippen MR) is 82.7 cm³/mol. The Morgan fingerprint density at radius 3 is 2.13 bits per heavy atom. The number of nitrogens with zero attached hydrogens (tertiary/aromatic N) is 1. The second kappa shape index (κ2) is 8.50. The van der Waals surface area contributed by atoms with Gasteiger partial charge < -0.3 is 15.4 Å². The number of halogens is 3. The summed E-state index contributed by atoms with van der Waals surface area (Å²) in [7, 11) is 0. The van der Waals surface area contributed by atoms with Gasteiger partial charge in [-0.05, 0) is 36.4 Å². The topological polar surface area (TPSA) is 46.2 Å². The van der Waals surface area contributed by atoms with Crippen LogP contribution in [0.25, 0.3) is 0 Å². The smallest absolute Gasteiger partial charge is 0.379 e. The van der Waals surface area contributed by atoms with Crippen LogP contribution in [-0.4, -0.2) is 31.3 Å². The van der Waals surface area contributed by atoms with E-state index in [0.717, 1.165) is 44.1 Å². The van der Waals surface area contributed by atoms with Crippen LogP contribution in [0.3, 0.4) is 0 Å². The first-order valence-electron chi connectivity index (χ1n) is 7.18. The van der Waals surface area contributed by atoms with E-state index in [1.165, 1.54) is 12.1 Å². The largest absolute Gasteiger partial charge is 0.416 e. The van der Waals surface area contributed by atoms with Crippen molar-refractivity contribution in [2.45, 2.75) is 6.18 Å². The number of aromatic nitrogens is 1. The second-order valence-electron chi connectivity index (χ2n) is 4.80. The third-order valence-electron chi connectivity index (χ3n) is 3.01. The van der Waals surface area contributed by atoms with Crippen LogP contribution in [0.15, 0.2) is 48.8 Å². The molecule has 1 fully saturated rings. The van der Waals surface area contributed by atoms with Crippen molar-refractivity contribution in [2.24, 2.45) is 0 Å². The molecule has 0 aliphatic carbocycles. The van der Waals surface area contributed by atoms with E-state index in [2.05, 4.69) is 15.6 Å². The first kappa shape index (κ1) is 17.2. The van der Waals surface area contributed by atoms with Crippen LogP contribution in [0.4, 0.5) is 24.5 Å². The second-order valence-corrected chi connectivity index (χ2v) is 4.80. The number of pyridine rings is 1. The molecule has 1 aromatic heterocycles. The van der Waals surface area contributed by atoms with Gasteiger partial charge in [0.05, 0.1) is 30.7 Å². The van der Waals surface area contributed by atoms with Crippen molar-refractivity contribution in [3.05, 3.63) is 54.4 Å². The molecule has 1 aliphatic heterocycles. The molecule has 23 heavy (non-hydrogen) atoms. The zero-order chi connectivity index (χ0) is 16.5. The maximum absolute atomic E-state index is 12.3. The molecule has 2 N–H and O–H groups in total. The molecule has 2 aromatic rings. The molecule has 124 valence electrons. The molecule has 4 nitrogen and oxygen atoms in total. The highest BCUT2D eigenvalue weighted by Crippen LogP contribution is 2.30. The summed E-state index contributed by atoms with van der Waals surface area (Å²) in [6, 6.07) is 8.38. The van der Waals surface area contributed by atoms with Gasteiger partial charge in [-0.2, -0.15) is 13.2 Å². The molecule has 0 amide bonds. The Kier molecular flexibility index (Phi) is 6.37. The fourth-order valence-corrected chi connectivity index (χ4v) is 1.86. The zero-order valence-electron chi connectivity index (χ0n) is 12.4. The molecular formula is C16H18F3N3O. The molecule has 0 spiro atoms. The van der Waals surface area contributed by atoms with Gasteiger partial charge in [0.1, 0.15) is 0 Å². The van der Waals surface area contributed by atoms with E-state index >= 15 is 0 Å². The number of ether oxygens (including phenoxy) is 1. The lowest BCUT2D eigenvalue weighted by atomic mass is 10.2. The number of morpholine rings is 1. The van der Waals surface area contributed by atoms with Gasteiger partial charge in [-0.25, -0.2) is 0 Å². The molecule has 1 saturated heterocycles. The molecular weight excluding hydrogens is 307 g/mol. The Hall–Kier alpha value is -2.12. The van der Waals surface area contributed by atoms with Gasteiger partial charge in [0, 0.05) is 25.0 Å². The minimum Gasteiger partial charge on any atom is -0.379 e. The summed E-state index contributed by atoms with van der Waals surface area (Å²) in [5.41, 5.74) is 0.660. The number of benzene rings is 1. The summed E-state index contributed by atoms with van der Waals surface area (Å²) < 4.78 is 42.0. The lowest BCUT2D eigenvalue weighted by molar-refractivity contribution is -0.137. The van der Waals surface area contributed by atoms with Crippen molar-refractivity contribution in [1.82, 2.24) is 10.3 Å². The predicted octanol–water partition coefficient (Wildman–Crippen LogP) is 3.45. The molecule has 3 rings (SSSR count). The summed E-state index contributed by atoms with van der Waals surface area (Å²) >= 11 is 0. The van der Waals surface area contributed by atoms with E-state index in [1.807, 2.05) is 0 Å². The minimum absolute atomic E-state index is 0.589. The average molecular weight is 325 g/mol. The summed E-state index contributed by atoms with van der Waals surface area (Å²) in [5.74, 6) is 0. The van der Waals surface area contributed by atoms with Gasteiger partial charge in [0.2, 0.25) is 0 Å². The van der Waals surface area contributed by atoms with Crippen molar-refractivity contribution >= 4 is 11.4 Å². The highest BCUT2D eigenvalue weighted by molar-refractivity contribution is 5.58. The van der Waals surface area contributed by atoms with Crippen LogP contribution < -0.4 is 10.6 Å². The van der Waals surface area contributed by atoms with Crippen LogP contribution in [0.5, 0.6) is 0 Å². The van der Waals surface area contributed by atoms with Crippen molar-refractivity contribution in [3.8, 4) is 0 Å². The molecule has 2 heterocycles. The van der Waals surface area contributed by atoms with Gasteiger partial charge in [-0.1, -0.05) is 0 Å². The number of nitrogens with one attached hydrogen (secondary N) is 2. The molecule has 0 atom stereocenters. The fraction of sp³-hybridized carbons (Fsp3) is 0.312. The van der Waals surface area contributed by atoms with Crippen LogP contribution in [0.1, 0.15) is 5.56 Å². The van der Waals surface area contributed by atoms with E-state index in [-0.39, 0.29) is 0 Å². The number of anilines is 2. The zero-order valence-corrected chi connectivity index (χ0v) is 12.4. The van der Waals surface area contributed by atoms with Crippen molar-refractivity contribution in [1.29, 1.82) is 0 Å². The number of alkyl halides is 3. The van der Waals surface area contributed by atoms with Crippen LogP contribution >= 0.6 is 0 Å². The lowest BCUT2D eigenvalue weighted by Crippen LogP contribution is -2.30. The molecule has 1 aliphatic rings. The number of hydrogen-bond acceptors (Lipinski definition) is 4. The first-order chi connectivity index (χ1) is 11.1. The summed E-state index contributed by atoms with van der Waals surface area (Å²) in [4.78, 5) is 3.90. The standard InChI is InChI=1S/C12H9F3N2.C4H9NO/c13-12(14,15)9-3-5-10(6-4-9)17-11-2-1-7-16-8-11;1-3-6-4-2-5-1/h1-8,17H;5H,1-4H2. The summed E-state index contributed by atoms with van der Waals surface area (Å²) in [6.07, 6.45) is -1.08. The van der Waals surface area contributed by atoms with Crippen molar-refractivity contribution in [2.75, 3.05) is 31.6 Å². The normalized spacial score (nSPS) is 14.6. The number of hydrogen-bond donors (Lipinski definition) is 2. The molecule has 7 heteroatoms. The van der Waals surface area contributed by atoms with Gasteiger partial charge in [-0.3, -0.25) is 4.98 Å². The quantitative estimate of drug-likeness (QED) is 0.888. The Bertz CT molecular complexity index is 558. The fourth-order valence-electron chi connectivity index (χ4n) is 1.86. The van der Waals surface area contributed by atoms with Crippen LogP contribution in [0.2, 0.25) is 0 Å². The van der Waals surface area contributed by atoms with Crippen LogP contribution in [0, 0.1) is 0 Å². The highest BCUT2D eigenvalue weighted by Gasteiger charge is 2.29. The van der Waals surface area contributed by atoms with E-state index < -0.39 is 11.7 Å². The number of rotatable bonds is 2. The highest BCUT2D eigenvalue weighted by atomic mass is 19.4. The lowest BCUT2D eigenvalue weighted by Gasteiger charge is -2.10. The Balaban J connectivity index is 0.000000268. The van der Waals surface area contributed by atoms with Crippen molar-refractivity contribution < 1.29 is 17.9 Å². The van der Waals surface area contributed by atoms with E-state index in [1.54, 1.807) is 24.5 Å². The molecule has 1 aromatic carbocycles. The maximum Gasteiger partial charge on any atom is 0.416 e. The Morgan fingerprint density at radius 1 is 1.00 bits per heavy atom. The van der Waals surface area contributed by atoms with Crippen molar-refractivity contribution in [3.63, 3.8) is 0 Å². The molecule has 0 bridgehead atoms. The van der Waals surface area contributed by atoms with Gasteiger partial charge in [0.15, 0.2) is 0 Å². The third kappa shape index (κ3) is 6.25. The van der Waals surface area contributed by atoms with Gasteiger partial charge in [-0.15, -0.1) is 0 Å². The van der Waals surface area contributed by atoms with Crippen LogP contribution in [-0.2, 0) is 10.9 Å². The Labute approximate surface area is 132 Å². The molecule has 0 saturated carbocycles. The SMILES string of the molecule is C1COCCN1.FC(F)(F)c1ccc(Nc2cccnc2)cc1. The summed E-state index contributed by atoms with van der Waals surface area (Å²) in [6.45, 7) is 3.83. The summed E-state index contributed by atoms with van der Waals surface area (Å²) in [5, 5.41) is 6.11. The van der Waals surface area contributed by atoms with E-state index in [0.29, 0.717) is 5.69 Å². The monoisotopic (exact) mass is 325 g/mol. The van der Waals surface area contributed by atoms with Gasteiger partial charge in [0.25, 0.3) is 0 Å². The minimum atomic E-state index is -4.30. The van der Waals surface area contributed by atoms with E-state index in [4.69, 9.17) is 4.74 Å². The first-order valence-corrected chi connectivity index (χ1v) is 7.18. The van der Waals surface area contributed by atoms with E-state index in [9.17, 15) is 13.2 Å². The Morgan fingerprint density at radius 2 is 1.70 bits per heavy atom. The third-order valence-corrected chi connectivity index (χ3v) is 3.01. The molecule has 0 radical (unpaired) electrons.